The number of methoxy groups -OCH3 is 1. The van der Waals surface area contributed by atoms with Gasteiger partial charge in [-0.2, -0.15) is 5.10 Å². The first-order chi connectivity index (χ1) is 15.7. The van der Waals surface area contributed by atoms with E-state index in [9.17, 15) is 19.5 Å². The lowest BCUT2D eigenvalue weighted by Crippen LogP contribution is -2.46. The molecular weight excluding hydrogens is 424 g/mol. The Labute approximate surface area is 191 Å². The molecule has 0 aliphatic carbocycles. The Morgan fingerprint density at radius 1 is 1.15 bits per heavy atom. The molecule has 2 atom stereocenters. The molecule has 0 aliphatic rings. The van der Waals surface area contributed by atoms with Crippen molar-refractivity contribution in [1.29, 1.82) is 0 Å². The molecule has 1 aromatic carbocycles. The summed E-state index contributed by atoms with van der Waals surface area (Å²) in [7, 11) is 3.02. The van der Waals surface area contributed by atoms with E-state index in [0.29, 0.717) is 22.4 Å². The first-order valence-corrected chi connectivity index (χ1v) is 10.6. The van der Waals surface area contributed by atoms with Gasteiger partial charge in [-0.3, -0.25) is 9.59 Å². The molecule has 1 amide bonds. The van der Waals surface area contributed by atoms with Crippen LogP contribution in [0.1, 0.15) is 25.5 Å². The maximum absolute atomic E-state index is 12.9. The van der Waals surface area contributed by atoms with Crippen molar-refractivity contribution in [3.8, 4) is 16.9 Å². The minimum atomic E-state index is -1.12. The molecule has 3 rings (SSSR count). The van der Waals surface area contributed by atoms with Crippen molar-refractivity contribution in [3.05, 3.63) is 70.9 Å². The van der Waals surface area contributed by atoms with Gasteiger partial charge in [-0.05, 0) is 29.2 Å². The molecule has 0 bridgehead atoms. The average Bonchev–Trinajstić information content (AvgIpc) is 3.29. The first kappa shape index (κ1) is 23.8. The number of carbonyl (C=O) groups excluding carboxylic acids is 1. The van der Waals surface area contributed by atoms with Crippen LogP contribution in [0.15, 0.2) is 59.8 Å². The van der Waals surface area contributed by atoms with Gasteiger partial charge in [0.05, 0.1) is 18.9 Å². The lowest BCUT2D eigenvalue weighted by Gasteiger charge is -2.24. The fourth-order valence-corrected chi connectivity index (χ4v) is 3.76. The molecule has 9 heteroatoms. The second-order valence-electron chi connectivity index (χ2n) is 8.14. The Hall–Kier alpha value is -3.88. The number of carbonyl (C=O) groups is 2. The summed E-state index contributed by atoms with van der Waals surface area (Å²) < 4.78 is 8.27. The number of carboxylic acid groups (broad SMARTS) is 1. The standard InChI is InChI=1S/C24H28N4O5/c1-15(2)21(28-11-5-6-12-28)22(29)26-18(24(31)32)13-16-7-9-17(10-8-16)20-19(33-4)14-25-27(3)23(20)30/h5-12,14-15,18,21H,13H2,1-4H3,(H,26,29)(H,31,32)/t18-,21+/m0/s1. The predicted molar refractivity (Wildman–Crippen MR) is 123 cm³/mol. The summed E-state index contributed by atoms with van der Waals surface area (Å²) in [5, 5.41) is 16.3. The highest BCUT2D eigenvalue weighted by atomic mass is 16.5. The van der Waals surface area contributed by atoms with Crippen molar-refractivity contribution in [2.75, 3.05) is 7.11 Å². The third-order valence-corrected chi connectivity index (χ3v) is 5.47. The number of nitrogens with zero attached hydrogens (tertiary/aromatic N) is 3. The maximum atomic E-state index is 12.9. The third-order valence-electron chi connectivity index (χ3n) is 5.47. The Bertz CT molecular complexity index is 1170. The van der Waals surface area contributed by atoms with Crippen LogP contribution < -0.4 is 15.6 Å². The van der Waals surface area contributed by atoms with Crippen LogP contribution in [0.5, 0.6) is 5.75 Å². The van der Waals surface area contributed by atoms with Gasteiger partial charge >= 0.3 is 5.97 Å². The molecule has 33 heavy (non-hydrogen) atoms. The van der Waals surface area contributed by atoms with Gasteiger partial charge < -0.3 is 19.7 Å². The molecule has 2 N–H and O–H groups in total. The van der Waals surface area contributed by atoms with Gasteiger partial charge in [0.1, 0.15) is 12.1 Å². The fraction of sp³-hybridized carbons (Fsp3) is 0.333. The van der Waals surface area contributed by atoms with E-state index >= 15 is 0 Å². The third kappa shape index (κ3) is 5.31. The van der Waals surface area contributed by atoms with E-state index < -0.39 is 18.1 Å². The molecule has 0 saturated carbocycles. The van der Waals surface area contributed by atoms with Gasteiger partial charge in [-0.25, -0.2) is 9.48 Å². The van der Waals surface area contributed by atoms with Crippen molar-refractivity contribution < 1.29 is 19.4 Å². The number of amides is 1. The molecule has 174 valence electrons. The molecule has 9 nitrogen and oxygen atoms in total. The van der Waals surface area contributed by atoms with Crippen molar-refractivity contribution in [1.82, 2.24) is 19.7 Å². The molecule has 0 fully saturated rings. The molecule has 0 radical (unpaired) electrons. The summed E-state index contributed by atoms with van der Waals surface area (Å²) in [6.45, 7) is 3.83. The summed E-state index contributed by atoms with van der Waals surface area (Å²) >= 11 is 0. The molecule has 3 aromatic rings. The van der Waals surface area contributed by atoms with Crippen molar-refractivity contribution in [2.24, 2.45) is 13.0 Å². The summed E-state index contributed by atoms with van der Waals surface area (Å²) in [6, 6.07) is 8.97. The molecule has 0 spiro atoms. The number of hydrogen-bond acceptors (Lipinski definition) is 5. The Balaban J connectivity index is 1.80. The summed E-state index contributed by atoms with van der Waals surface area (Å²) in [5.74, 6) is -1.14. The molecular formula is C24H28N4O5. The fourth-order valence-electron chi connectivity index (χ4n) is 3.76. The minimum Gasteiger partial charge on any atom is -0.494 e. The summed E-state index contributed by atoms with van der Waals surface area (Å²) in [6.07, 6.45) is 5.15. The van der Waals surface area contributed by atoms with Gasteiger partial charge in [0.25, 0.3) is 5.56 Å². The van der Waals surface area contributed by atoms with Crippen LogP contribution in [0.25, 0.3) is 11.1 Å². The molecule has 2 heterocycles. The molecule has 0 saturated heterocycles. The highest BCUT2D eigenvalue weighted by Crippen LogP contribution is 2.26. The highest BCUT2D eigenvalue weighted by molar-refractivity contribution is 5.86. The van der Waals surface area contributed by atoms with Crippen LogP contribution in [0.3, 0.4) is 0 Å². The number of benzene rings is 1. The van der Waals surface area contributed by atoms with Crippen molar-refractivity contribution in [2.45, 2.75) is 32.4 Å². The first-order valence-electron chi connectivity index (χ1n) is 10.6. The normalized spacial score (nSPS) is 12.9. The van der Waals surface area contributed by atoms with Crippen molar-refractivity contribution in [3.63, 3.8) is 0 Å². The van der Waals surface area contributed by atoms with E-state index in [1.54, 1.807) is 48.3 Å². The van der Waals surface area contributed by atoms with Crippen LogP contribution >= 0.6 is 0 Å². The maximum Gasteiger partial charge on any atom is 0.326 e. The number of nitrogens with one attached hydrogen (secondary N) is 1. The molecule has 0 aliphatic heterocycles. The topological polar surface area (TPSA) is 115 Å². The van der Waals surface area contributed by atoms with E-state index in [1.807, 2.05) is 26.0 Å². The van der Waals surface area contributed by atoms with Gasteiger partial charge in [-0.15, -0.1) is 0 Å². The number of ether oxygens (including phenoxy) is 1. The second-order valence-corrected chi connectivity index (χ2v) is 8.14. The van der Waals surface area contributed by atoms with Gasteiger partial charge in [-0.1, -0.05) is 38.1 Å². The zero-order valence-corrected chi connectivity index (χ0v) is 19.1. The number of aliphatic carboxylic acids is 1. The molecule has 0 unspecified atom stereocenters. The SMILES string of the molecule is COc1cnn(C)c(=O)c1-c1ccc(C[C@H](NC(=O)[C@@H](C(C)C)n2cccc2)C(=O)O)cc1. The van der Waals surface area contributed by atoms with E-state index in [2.05, 4.69) is 10.4 Å². The Morgan fingerprint density at radius 3 is 2.33 bits per heavy atom. The number of aromatic nitrogens is 3. The Morgan fingerprint density at radius 2 is 1.79 bits per heavy atom. The smallest absolute Gasteiger partial charge is 0.326 e. The van der Waals surface area contributed by atoms with Crippen LogP contribution in [0.4, 0.5) is 0 Å². The zero-order valence-electron chi connectivity index (χ0n) is 19.1. The average molecular weight is 453 g/mol. The van der Waals surface area contributed by atoms with E-state index in [1.165, 1.54) is 18.0 Å². The number of carboxylic acids is 1. The monoisotopic (exact) mass is 452 g/mol. The second kappa shape index (κ2) is 10.2. The van der Waals surface area contributed by atoms with Crippen LogP contribution in [0, 0.1) is 5.92 Å². The summed E-state index contributed by atoms with van der Waals surface area (Å²) in [4.78, 5) is 37.3. The number of hydrogen-bond donors (Lipinski definition) is 2. The Kier molecular flexibility index (Phi) is 7.32. The van der Waals surface area contributed by atoms with Crippen LogP contribution in [-0.4, -0.2) is 44.5 Å². The predicted octanol–water partition coefficient (Wildman–Crippen LogP) is 2.27. The quantitative estimate of drug-likeness (QED) is 0.515. The zero-order chi connectivity index (χ0) is 24.1. The number of rotatable bonds is 9. The molecule has 2 aromatic heterocycles. The summed E-state index contributed by atoms with van der Waals surface area (Å²) in [5.41, 5.74) is 1.40. The minimum absolute atomic E-state index is 0.0240. The van der Waals surface area contributed by atoms with Crippen LogP contribution in [-0.2, 0) is 23.1 Å². The highest BCUT2D eigenvalue weighted by Gasteiger charge is 2.28. The lowest BCUT2D eigenvalue weighted by molar-refractivity contribution is -0.142. The van der Waals surface area contributed by atoms with Crippen LogP contribution in [0.2, 0.25) is 0 Å². The van der Waals surface area contributed by atoms with E-state index in [4.69, 9.17) is 4.74 Å². The van der Waals surface area contributed by atoms with Gasteiger partial charge in [0.2, 0.25) is 5.91 Å². The van der Waals surface area contributed by atoms with Gasteiger partial charge in [0, 0.05) is 25.9 Å². The van der Waals surface area contributed by atoms with Crippen molar-refractivity contribution >= 4 is 11.9 Å². The lowest BCUT2D eigenvalue weighted by atomic mass is 9.99. The van der Waals surface area contributed by atoms with Gasteiger partial charge in [0.15, 0.2) is 5.75 Å². The number of aryl methyl sites for hydroxylation is 1. The van der Waals surface area contributed by atoms with E-state index in [-0.39, 0.29) is 23.8 Å². The largest absolute Gasteiger partial charge is 0.494 e. The van der Waals surface area contributed by atoms with E-state index in [0.717, 1.165) is 0 Å².